The average Bonchev–Trinajstić information content (AvgIpc) is 2.41. The highest BCUT2D eigenvalue weighted by molar-refractivity contribution is 9.10. The second-order valence-electron chi connectivity index (χ2n) is 5.36. The molecule has 0 radical (unpaired) electrons. The van der Waals surface area contributed by atoms with E-state index in [1.807, 2.05) is 24.3 Å². The van der Waals surface area contributed by atoms with Gasteiger partial charge in [0.15, 0.2) is 5.78 Å². The monoisotopic (exact) mass is 331 g/mol. The smallest absolute Gasteiger partial charge is 0.194 e. The van der Waals surface area contributed by atoms with Crippen LogP contribution < -0.4 is 5.73 Å². The van der Waals surface area contributed by atoms with Gasteiger partial charge in [-0.25, -0.2) is 0 Å². The maximum Gasteiger partial charge on any atom is 0.194 e. The van der Waals surface area contributed by atoms with Crippen molar-refractivity contribution < 1.29 is 4.79 Å². The lowest BCUT2D eigenvalue weighted by molar-refractivity contribution is 0.103. The van der Waals surface area contributed by atoms with Gasteiger partial charge in [-0.2, -0.15) is 0 Å². The molecule has 0 aliphatic rings. The first-order valence-corrected chi connectivity index (χ1v) is 7.45. The van der Waals surface area contributed by atoms with E-state index in [2.05, 4.69) is 29.8 Å². The topological polar surface area (TPSA) is 43.1 Å². The van der Waals surface area contributed by atoms with Crippen LogP contribution in [0, 0.1) is 5.92 Å². The van der Waals surface area contributed by atoms with Gasteiger partial charge in [-0.1, -0.05) is 54.0 Å². The molecular weight excluding hydrogens is 314 g/mol. The van der Waals surface area contributed by atoms with Gasteiger partial charge in [0.2, 0.25) is 0 Å². The Morgan fingerprint density at radius 1 is 1.15 bits per heavy atom. The zero-order valence-electron chi connectivity index (χ0n) is 11.7. The van der Waals surface area contributed by atoms with Gasteiger partial charge in [-0.3, -0.25) is 4.79 Å². The van der Waals surface area contributed by atoms with Crippen molar-refractivity contribution in [2.45, 2.75) is 20.3 Å². The van der Waals surface area contributed by atoms with Crippen molar-refractivity contribution in [1.82, 2.24) is 0 Å². The molecule has 3 heteroatoms. The molecule has 2 aromatic rings. The van der Waals surface area contributed by atoms with Crippen molar-refractivity contribution in [3.8, 4) is 0 Å². The summed E-state index contributed by atoms with van der Waals surface area (Å²) in [6, 6.07) is 13.1. The van der Waals surface area contributed by atoms with E-state index in [1.54, 1.807) is 18.2 Å². The quantitative estimate of drug-likeness (QED) is 0.663. The number of hydrogen-bond acceptors (Lipinski definition) is 2. The van der Waals surface area contributed by atoms with Crippen molar-refractivity contribution in [1.29, 1.82) is 0 Å². The van der Waals surface area contributed by atoms with Crippen molar-refractivity contribution in [2.75, 3.05) is 5.73 Å². The Morgan fingerprint density at radius 3 is 2.40 bits per heavy atom. The number of anilines is 1. The fraction of sp³-hybridized carbons (Fsp3) is 0.235. The summed E-state index contributed by atoms with van der Waals surface area (Å²) in [7, 11) is 0. The predicted molar refractivity (Wildman–Crippen MR) is 87.0 cm³/mol. The van der Waals surface area contributed by atoms with Gasteiger partial charge >= 0.3 is 0 Å². The molecule has 0 saturated carbocycles. The molecule has 0 fully saturated rings. The Hall–Kier alpha value is -1.61. The average molecular weight is 332 g/mol. The summed E-state index contributed by atoms with van der Waals surface area (Å²) < 4.78 is 0.767. The number of hydrogen-bond donors (Lipinski definition) is 1. The Kier molecular flexibility index (Phi) is 4.61. The SMILES string of the molecule is CC(C)Cc1ccc(C(=O)c2cc(N)ccc2Br)cc1. The summed E-state index contributed by atoms with van der Waals surface area (Å²) in [5, 5.41) is 0. The van der Waals surface area contributed by atoms with Gasteiger partial charge in [0.1, 0.15) is 0 Å². The van der Waals surface area contributed by atoms with E-state index in [-0.39, 0.29) is 5.78 Å². The molecule has 2 N–H and O–H groups in total. The van der Waals surface area contributed by atoms with Crippen LogP contribution >= 0.6 is 15.9 Å². The standard InChI is InChI=1S/C17H18BrNO/c1-11(2)9-12-3-5-13(6-4-12)17(20)15-10-14(19)7-8-16(15)18/h3-8,10-11H,9,19H2,1-2H3. The lowest BCUT2D eigenvalue weighted by Gasteiger charge is -2.08. The van der Waals surface area contributed by atoms with E-state index in [0.717, 1.165) is 10.9 Å². The predicted octanol–water partition coefficient (Wildman–Crippen LogP) is 4.46. The van der Waals surface area contributed by atoms with E-state index in [9.17, 15) is 4.79 Å². The zero-order chi connectivity index (χ0) is 14.7. The molecule has 0 saturated heterocycles. The molecule has 2 aromatic carbocycles. The van der Waals surface area contributed by atoms with E-state index in [4.69, 9.17) is 5.73 Å². The van der Waals surface area contributed by atoms with Gasteiger partial charge < -0.3 is 5.73 Å². The first-order chi connectivity index (χ1) is 9.47. The highest BCUT2D eigenvalue weighted by atomic mass is 79.9. The van der Waals surface area contributed by atoms with E-state index < -0.39 is 0 Å². The minimum absolute atomic E-state index is 0.0136. The highest BCUT2D eigenvalue weighted by Gasteiger charge is 2.13. The van der Waals surface area contributed by atoms with Gasteiger partial charge in [0.05, 0.1) is 0 Å². The van der Waals surface area contributed by atoms with Crippen LogP contribution in [-0.2, 0) is 6.42 Å². The number of carbonyl (C=O) groups is 1. The lowest BCUT2D eigenvalue weighted by atomic mass is 9.98. The van der Waals surface area contributed by atoms with Gasteiger partial charge in [-0.15, -0.1) is 0 Å². The van der Waals surface area contributed by atoms with Crippen LogP contribution in [0.25, 0.3) is 0 Å². The molecule has 104 valence electrons. The summed E-state index contributed by atoms with van der Waals surface area (Å²) in [6.45, 7) is 4.37. The fourth-order valence-corrected chi connectivity index (χ4v) is 2.56. The van der Waals surface area contributed by atoms with Gasteiger partial charge in [-0.05, 0) is 36.1 Å². The molecule has 0 amide bonds. The zero-order valence-corrected chi connectivity index (χ0v) is 13.3. The maximum absolute atomic E-state index is 12.5. The van der Waals surface area contributed by atoms with E-state index in [1.165, 1.54) is 5.56 Å². The number of halogens is 1. The molecule has 0 aliphatic carbocycles. The molecule has 0 heterocycles. The van der Waals surface area contributed by atoms with Crippen LogP contribution in [0.2, 0.25) is 0 Å². The maximum atomic E-state index is 12.5. The Morgan fingerprint density at radius 2 is 1.80 bits per heavy atom. The molecule has 0 aromatic heterocycles. The van der Waals surface area contributed by atoms with E-state index >= 15 is 0 Å². The van der Waals surface area contributed by atoms with Crippen LogP contribution in [0.1, 0.15) is 35.3 Å². The minimum Gasteiger partial charge on any atom is -0.399 e. The third kappa shape index (κ3) is 3.48. The Balaban J connectivity index is 2.27. The Labute approximate surface area is 128 Å². The minimum atomic E-state index is -0.0136. The lowest BCUT2D eigenvalue weighted by Crippen LogP contribution is -2.04. The van der Waals surface area contributed by atoms with Crippen LogP contribution in [0.3, 0.4) is 0 Å². The number of nitrogens with two attached hydrogens (primary N) is 1. The van der Waals surface area contributed by atoms with Crippen LogP contribution in [0.5, 0.6) is 0 Å². The summed E-state index contributed by atoms with van der Waals surface area (Å²) >= 11 is 3.40. The van der Waals surface area contributed by atoms with Crippen molar-refractivity contribution in [3.63, 3.8) is 0 Å². The largest absolute Gasteiger partial charge is 0.399 e. The number of rotatable bonds is 4. The number of nitrogen functional groups attached to an aromatic ring is 1. The number of benzene rings is 2. The van der Waals surface area contributed by atoms with Crippen LogP contribution in [-0.4, -0.2) is 5.78 Å². The molecule has 0 aliphatic heterocycles. The number of carbonyl (C=O) groups excluding carboxylic acids is 1. The second-order valence-corrected chi connectivity index (χ2v) is 6.22. The van der Waals surface area contributed by atoms with Crippen LogP contribution in [0.4, 0.5) is 5.69 Å². The summed E-state index contributed by atoms with van der Waals surface area (Å²) in [6.07, 6.45) is 1.02. The third-order valence-electron chi connectivity index (χ3n) is 3.10. The molecule has 0 unspecified atom stereocenters. The normalized spacial score (nSPS) is 10.8. The first-order valence-electron chi connectivity index (χ1n) is 6.66. The van der Waals surface area contributed by atoms with Gasteiger partial charge in [0.25, 0.3) is 0 Å². The fourth-order valence-electron chi connectivity index (χ4n) is 2.14. The summed E-state index contributed by atoms with van der Waals surface area (Å²) in [5.74, 6) is 0.597. The van der Waals surface area contributed by atoms with Gasteiger partial charge in [0, 0.05) is 21.3 Å². The summed E-state index contributed by atoms with van der Waals surface area (Å²) in [5.41, 5.74) is 8.88. The van der Waals surface area contributed by atoms with Crippen molar-refractivity contribution in [2.24, 2.45) is 5.92 Å². The molecular formula is C17H18BrNO. The first kappa shape index (κ1) is 14.8. The van der Waals surface area contributed by atoms with E-state index in [0.29, 0.717) is 22.7 Å². The molecule has 2 rings (SSSR count). The third-order valence-corrected chi connectivity index (χ3v) is 3.79. The van der Waals surface area contributed by atoms with Crippen LogP contribution in [0.15, 0.2) is 46.9 Å². The molecule has 2 nitrogen and oxygen atoms in total. The molecule has 20 heavy (non-hydrogen) atoms. The van der Waals surface area contributed by atoms with Crippen molar-refractivity contribution >= 4 is 27.4 Å². The number of ketones is 1. The highest BCUT2D eigenvalue weighted by Crippen LogP contribution is 2.23. The Bertz CT molecular complexity index is 617. The molecule has 0 bridgehead atoms. The summed E-state index contributed by atoms with van der Waals surface area (Å²) in [4.78, 5) is 12.5. The molecule has 0 atom stereocenters. The second kappa shape index (κ2) is 6.23. The van der Waals surface area contributed by atoms with Crippen molar-refractivity contribution in [3.05, 3.63) is 63.6 Å². The molecule has 0 spiro atoms.